The van der Waals surface area contributed by atoms with Crippen LogP contribution in [0.1, 0.15) is 23.2 Å². The molecule has 2 aromatic rings. The summed E-state index contributed by atoms with van der Waals surface area (Å²) in [6, 6.07) is 13.2. The van der Waals surface area contributed by atoms with E-state index in [9.17, 15) is 23.3 Å². The number of nitro benzene ring substituents is 1. The van der Waals surface area contributed by atoms with Crippen molar-refractivity contribution < 1.29 is 18.1 Å². The van der Waals surface area contributed by atoms with Crippen molar-refractivity contribution in [2.45, 2.75) is 17.7 Å². The van der Waals surface area contributed by atoms with Gasteiger partial charge >= 0.3 is 0 Å². The molecule has 1 saturated heterocycles. The van der Waals surface area contributed by atoms with Gasteiger partial charge in [0.25, 0.3) is 11.6 Å². The molecule has 2 aromatic carbocycles. The molecule has 9 heteroatoms. The molecule has 1 unspecified atom stereocenters. The molecule has 0 spiro atoms. The Balaban J connectivity index is 1.70. The summed E-state index contributed by atoms with van der Waals surface area (Å²) in [5.74, 6) is 0.0747. The molecule has 0 saturated carbocycles. The topological polar surface area (TPSA) is 110 Å². The van der Waals surface area contributed by atoms with Crippen LogP contribution in [0.4, 0.5) is 11.4 Å². The van der Waals surface area contributed by atoms with Gasteiger partial charge in [-0.2, -0.15) is 0 Å². The van der Waals surface area contributed by atoms with Crippen LogP contribution in [0.2, 0.25) is 0 Å². The van der Waals surface area contributed by atoms with Gasteiger partial charge in [0.1, 0.15) is 4.90 Å². The van der Waals surface area contributed by atoms with E-state index in [1.165, 1.54) is 12.1 Å². The van der Waals surface area contributed by atoms with Crippen LogP contribution in [0.5, 0.6) is 0 Å². The molecule has 154 valence electrons. The summed E-state index contributed by atoms with van der Waals surface area (Å²) in [5.41, 5.74) is 0.823. The predicted octanol–water partition coefficient (Wildman–Crippen LogP) is 2.64. The summed E-state index contributed by atoms with van der Waals surface area (Å²) in [5, 5.41) is 14.1. The van der Waals surface area contributed by atoms with E-state index in [1.807, 2.05) is 23.1 Å². The molecule has 1 aliphatic heterocycles. The molecule has 0 bridgehead atoms. The van der Waals surface area contributed by atoms with Gasteiger partial charge in [-0.15, -0.1) is 0 Å². The first kappa shape index (κ1) is 20.8. The Morgan fingerprint density at radius 3 is 2.62 bits per heavy atom. The lowest BCUT2D eigenvalue weighted by Gasteiger charge is -2.34. The van der Waals surface area contributed by atoms with Gasteiger partial charge in [-0.25, -0.2) is 8.42 Å². The highest BCUT2D eigenvalue weighted by molar-refractivity contribution is 7.90. The summed E-state index contributed by atoms with van der Waals surface area (Å²) < 4.78 is 24.0. The van der Waals surface area contributed by atoms with Crippen molar-refractivity contribution in [3.05, 3.63) is 64.2 Å². The molecule has 29 heavy (non-hydrogen) atoms. The lowest BCUT2D eigenvalue weighted by molar-refractivity contribution is -0.387. The largest absolute Gasteiger partial charge is 0.371 e. The van der Waals surface area contributed by atoms with E-state index in [2.05, 4.69) is 5.32 Å². The second-order valence-corrected chi connectivity index (χ2v) is 9.20. The average Bonchev–Trinajstić information content (AvgIpc) is 2.71. The number of carbonyl (C=O) groups is 1. The van der Waals surface area contributed by atoms with Gasteiger partial charge in [0.2, 0.25) is 0 Å². The lowest BCUT2D eigenvalue weighted by atomic mass is 9.97. The third kappa shape index (κ3) is 5.11. The van der Waals surface area contributed by atoms with Crippen molar-refractivity contribution in [2.75, 3.05) is 30.8 Å². The van der Waals surface area contributed by atoms with Crippen LogP contribution in [0, 0.1) is 16.0 Å². The second kappa shape index (κ2) is 8.60. The van der Waals surface area contributed by atoms with Crippen molar-refractivity contribution in [2.24, 2.45) is 5.92 Å². The summed E-state index contributed by atoms with van der Waals surface area (Å²) in [7, 11) is -3.73. The number of piperidine rings is 1. The van der Waals surface area contributed by atoms with E-state index >= 15 is 0 Å². The number of anilines is 1. The zero-order valence-corrected chi connectivity index (χ0v) is 16.9. The fraction of sp³-hybridized carbons (Fsp3) is 0.350. The number of benzene rings is 2. The van der Waals surface area contributed by atoms with Crippen LogP contribution in [0.3, 0.4) is 0 Å². The van der Waals surface area contributed by atoms with Crippen molar-refractivity contribution in [3.8, 4) is 0 Å². The van der Waals surface area contributed by atoms with Crippen LogP contribution < -0.4 is 10.2 Å². The highest BCUT2D eigenvalue weighted by Crippen LogP contribution is 2.31. The van der Waals surface area contributed by atoms with Crippen LogP contribution in [0.25, 0.3) is 0 Å². The Morgan fingerprint density at radius 2 is 1.97 bits per heavy atom. The minimum atomic E-state index is -3.73. The number of amides is 1. The maximum Gasteiger partial charge on any atom is 0.288 e. The highest BCUT2D eigenvalue weighted by atomic mass is 32.2. The molecule has 1 amide bonds. The molecule has 1 aliphatic rings. The first-order chi connectivity index (χ1) is 13.8. The number of nitro groups is 1. The van der Waals surface area contributed by atoms with E-state index in [0.717, 1.165) is 25.6 Å². The van der Waals surface area contributed by atoms with Crippen LogP contribution in [-0.2, 0) is 9.84 Å². The van der Waals surface area contributed by atoms with Crippen molar-refractivity contribution in [1.82, 2.24) is 5.32 Å². The van der Waals surface area contributed by atoms with Gasteiger partial charge in [0, 0.05) is 43.2 Å². The lowest BCUT2D eigenvalue weighted by Crippen LogP contribution is -2.41. The van der Waals surface area contributed by atoms with Crippen molar-refractivity contribution in [3.63, 3.8) is 0 Å². The first-order valence-corrected chi connectivity index (χ1v) is 11.2. The summed E-state index contributed by atoms with van der Waals surface area (Å²) in [4.78, 5) is 24.5. The molecule has 1 fully saturated rings. The SMILES string of the molecule is CS(=O)(=O)c1cc(N2CCCC(CNC(=O)c3ccccc3)C2)ccc1[N+](=O)[O-]. The molecule has 0 radical (unpaired) electrons. The zero-order valence-electron chi connectivity index (χ0n) is 16.1. The maximum atomic E-state index is 12.2. The number of hydrogen-bond donors (Lipinski definition) is 1. The summed E-state index contributed by atoms with van der Waals surface area (Å²) in [6.07, 6.45) is 2.80. The fourth-order valence-electron chi connectivity index (χ4n) is 3.54. The second-order valence-electron chi connectivity index (χ2n) is 7.21. The monoisotopic (exact) mass is 417 g/mol. The number of nitrogens with one attached hydrogen (secondary N) is 1. The number of sulfone groups is 1. The van der Waals surface area contributed by atoms with Gasteiger partial charge in [0.15, 0.2) is 9.84 Å². The first-order valence-electron chi connectivity index (χ1n) is 9.32. The molecule has 3 rings (SSSR count). The number of carbonyl (C=O) groups excluding carboxylic acids is 1. The molecule has 1 atom stereocenters. The zero-order chi connectivity index (χ0) is 21.0. The summed E-state index contributed by atoms with van der Waals surface area (Å²) >= 11 is 0. The van der Waals surface area contributed by atoms with Gasteiger partial charge in [-0.3, -0.25) is 14.9 Å². The minimum Gasteiger partial charge on any atom is -0.371 e. The average molecular weight is 417 g/mol. The Hall–Kier alpha value is -2.94. The van der Waals surface area contributed by atoms with E-state index in [-0.39, 0.29) is 16.7 Å². The Kier molecular flexibility index (Phi) is 6.17. The van der Waals surface area contributed by atoms with Crippen LogP contribution in [0.15, 0.2) is 53.4 Å². The van der Waals surface area contributed by atoms with Gasteiger partial charge in [-0.05, 0) is 43.0 Å². The van der Waals surface area contributed by atoms with Crippen LogP contribution >= 0.6 is 0 Å². The van der Waals surface area contributed by atoms with Gasteiger partial charge in [0.05, 0.1) is 4.92 Å². The normalized spacial score (nSPS) is 17.0. The third-order valence-corrected chi connectivity index (χ3v) is 6.14. The molecule has 0 aromatic heterocycles. The number of nitrogens with zero attached hydrogens (tertiary/aromatic N) is 2. The molecule has 0 aliphatic carbocycles. The molecule has 1 heterocycles. The number of rotatable bonds is 6. The van der Waals surface area contributed by atoms with E-state index in [4.69, 9.17) is 0 Å². The molecular weight excluding hydrogens is 394 g/mol. The predicted molar refractivity (Wildman–Crippen MR) is 110 cm³/mol. The number of hydrogen-bond acceptors (Lipinski definition) is 6. The molecule has 1 N–H and O–H groups in total. The Bertz CT molecular complexity index is 1010. The van der Waals surface area contributed by atoms with Gasteiger partial charge in [-0.1, -0.05) is 18.2 Å². The van der Waals surface area contributed by atoms with Crippen LogP contribution in [-0.4, -0.2) is 45.1 Å². The quantitative estimate of drug-likeness (QED) is 0.572. The van der Waals surface area contributed by atoms with E-state index < -0.39 is 20.4 Å². The third-order valence-electron chi connectivity index (χ3n) is 5.01. The van der Waals surface area contributed by atoms with Crippen molar-refractivity contribution in [1.29, 1.82) is 0 Å². The van der Waals surface area contributed by atoms with E-state index in [0.29, 0.717) is 24.3 Å². The van der Waals surface area contributed by atoms with E-state index in [1.54, 1.807) is 18.2 Å². The Morgan fingerprint density at radius 1 is 1.24 bits per heavy atom. The fourth-order valence-corrected chi connectivity index (χ4v) is 4.40. The molecular formula is C20H23N3O5S. The molecule has 8 nitrogen and oxygen atoms in total. The Labute approximate surface area is 169 Å². The van der Waals surface area contributed by atoms with Crippen molar-refractivity contribution >= 4 is 27.1 Å². The smallest absolute Gasteiger partial charge is 0.288 e. The standard InChI is InChI=1S/C20H23N3O5S/c1-29(27,28)19-12-17(9-10-18(19)23(25)26)22-11-5-6-15(14-22)13-21-20(24)16-7-3-2-4-8-16/h2-4,7-10,12,15H,5-6,11,13-14H2,1H3,(H,21,24). The highest BCUT2D eigenvalue weighted by Gasteiger charge is 2.26. The summed E-state index contributed by atoms with van der Waals surface area (Å²) in [6.45, 7) is 1.87. The van der Waals surface area contributed by atoms with Gasteiger partial charge < -0.3 is 10.2 Å². The minimum absolute atomic E-state index is 0.127. The maximum absolute atomic E-state index is 12.2.